The largest absolute Gasteiger partial charge is 0.488 e. The van der Waals surface area contributed by atoms with Crippen LogP contribution < -0.4 is 14.8 Å². The smallest absolute Gasteiger partial charge is 0.229 e. The summed E-state index contributed by atoms with van der Waals surface area (Å²) in [6.45, 7) is 10.4. The van der Waals surface area contributed by atoms with Crippen molar-refractivity contribution in [2.24, 2.45) is 5.41 Å². The third-order valence-corrected chi connectivity index (χ3v) is 4.04. The molecule has 1 N–H and O–H groups in total. The molecule has 0 aliphatic carbocycles. The summed E-state index contributed by atoms with van der Waals surface area (Å²) in [4.78, 5) is 12.3. The molecule has 0 heterocycles. The molecular weight excluding hydrogens is 389 g/mol. The predicted molar refractivity (Wildman–Crippen MR) is 114 cm³/mol. The molecule has 0 radical (unpaired) electrons. The van der Waals surface area contributed by atoms with Gasteiger partial charge in [0.1, 0.15) is 23.8 Å². The molecule has 0 aliphatic rings. The molecule has 0 saturated heterocycles. The third kappa shape index (κ3) is 7.00. The molecule has 164 valence electrons. The normalized spacial score (nSPS) is 11.4. The molecule has 2 aromatic rings. The number of benzene rings is 2. The van der Waals surface area contributed by atoms with Crippen molar-refractivity contribution in [3.63, 3.8) is 0 Å². The highest BCUT2D eigenvalue weighted by atomic mass is 19.1. The zero-order valence-electron chi connectivity index (χ0n) is 18.2. The van der Waals surface area contributed by atoms with Crippen LogP contribution in [0.5, 0.6) is 17.2 Å². The molecule has 0 saturated carbocycles. The Morgan fingerprint density at radius 3 is 2.17 bits per heavy atom. The molecule has 0 aromatic heterocycles. The lowest BCUT2D eigenvalue weighted by atomic mass is 9.95. The highest BCUT2D eigenvalue weighted by Gasteiger charge is 2.24. The molecule has 30 heavy (non-hydrogen) atoms. The number of anilines is 1. The van der Waals surface area contributed by atoms with Gasteiger partial charge in [0.15, 0.2) is 17.9 Å². The van der Waals surface area contributed by atoms with Crippen molar-refractivity contribution < 1.29 is 28.1 Å². The second-order valence-electron chi connectivity index (χ2n) is 7.54. The van der Waals surface area contributed by atoms with E-state index in [1.54, 1.807) is 51.1 Å². The van der Waals surface area contributed by atoms with Crippen LogP contribution in [0, 0.1) is 11.2 Å². The Labute approximate surface area is 177 Å². The molecular formula is C23H30FNO5. The first-order valence-corrected chi connectivity index (χ1v) is 9.98. The Kier molecular flexibility index (Phi) is 8.62. The van der Waals surface area contributed by atoms with Crippen LogP contribution in [0.1, 0.15) is 34.6 Å². The van der Waals surface area contributed by atoms with Gasteiger partial charge in [-0.05, 0) is 50.2 Å². The Hall–Kier alpha value is -2.64. The van der Waals surface area contributed by atoms with Crippen LogP contribution in [-0.4, -0.2) is 32.0 Å². The number of para-hydroxylation sites is 1. The summed E-state index contributed by atoms with van der Waals surface area (Å²) < 4.78 is 36.7. The van der Waals surface area contributed by atoms with Crippen LogP contribution in [0.25, 0.3) is 0 Å². The Balaban J connectivity index is 2.07. The van der Waals surface area contributed by atoms with E-state index in [2.05, 4.69) is 5.32 Å². The van der Waals surface area contributed by atoms with Crippen LogP contribution in [0.4, 0.5) is 10.1 Å². The van der Waals surface area contributed by atoms with Crippen LogP contribution in [-0.2, 0) is 14.3 Å². The van der Waals surface area contributed by atoms with Crippen LogP contribution in [0.3, 0.4) is 0 Å². The van der Waals surface area contributed by atoms with Crippen LogP contribution >= 0.6 is 0 Å². The average Bonchev–Trinajstić information content (AvgIpc) is 2.69. The van der Waals surface area contributed by atoms with Gasteiger partial charge in [-0.2, -0.15) is 0 Å². The SMILES string of the molecule is CCOC(COc1ccc(Oc2cccc(F)c2NC(=O)C(C)(C)C)cc1)OCC. The second kappa shape index (κ2) is 10.9. The van der Waals surface area contributed by atoms with Crippen molar-refractivity contribution in [2.75, 3.05) is 25.1 Å². The zero-order valence-corrected chi connectivity index (χ0v) is 18.2. The lowest BCUT2D eigenvalue weighted by Crippen LogP contribution is -2.28. The summed E-state index contributed by atoms with van der Waals surface area (Å²) in [5, 5.41) is 2.62. The van der Waals surface area contributed by atoms with Gasteiger partial charge in [-0.25, -0.2) is 4.39 Å². The maximum Gasteiger partial charge on any atom is 0.229 e. The van der Waals surface area contributed by atoms with E-state index in [-0.39, 0.29) is 24.0 Å². The average molecular weight is 419 g/mol. The molecule has 2 rings (SSSR count). The molecule has 7 heteroatoms. The van der Waals surface area contributed by atoms with E-state index in [0.717, 1.165) is 0 Å². The number of hydrogen-bond donors (Lipinski definition) is 1. The first-order chi connectivity index (χ1) is 14.2. The minimum atomic E-state index is -0.667. The number of nitrogens with one attached hydrogen (secondary N) is 1. The van der Waals surface area contributed by atoms with Gasteiger partial charge in [-0.3, -0.25) is 4.79 Å². The van der Waals surface area contributed by atoms with Crippen molar-refractivity contribution >= 4 is 11.6 Å². The van der Waals surface area contributed by atoms with E-state index in [9.17, 15) is 9.18 Å². The van der Waals surface area contributed by atoms with Gasteiger partial charge < -0.3 is 24.3 Å². The van der Waals surface area contributed by atoms with Crippen molar-refractivity contribution in [1.82, 2.24) is 0 Å². The Bertz CT molecular complexity index is 811. The van der Waals surface area contributed by atoms with Gasteiger partial charge in [0, 0.05) is 18.6 Å². The first-order valence-electron chi connectivity index (χ1n) is 9.98. The molecule has 0 spiro atoms. The van der Waals surface area contributed by atoms with Crippen molar-refractivity contribution in [3.05, 3.63) is 48.3 Å². The number of halogens is 1. The lowest BCUT2D eigenvalue weighted by Gasteiger charge is -2.20. The minimum Gasteiger partial charge on any atom is -0.488 e. The molecule has 0 fully saturated rings. The third-order valence-electron chi connectivity index (χ3n) is 4.04. The fourth-order valence-corrected chi connectivity index (χ4v) is 2.42. The van der Waals surface area contributed by atoms with E-state index in [4.69, 9.17) is 18.9 Å². The molecule has 1 amide bonds. The quantitative estimate of drug-likeness (QED) is 0.524. The van der Waals surface area contributed by atoms with Gasteiger partial charge >= 0.3 is 0 Å². The summed E-state index contributed by atoms with van der Waals surface area (Å²) in [5.74, 6) is 0.439. The number of ether oxygens (including phenoxy) is 4. The monoisotopic (exact) mass is 419 g/mol. The van der Waals surface area contributed by atoms with Gasteiger partial charge in [-0.15, -0.1) is 0 Å². The maximum atomic E-state index is 14.3. The number of rotatable bonds is 10. The van der Waals surface area contributed by atoms with E-state index in [1.807, 2.05) is 13.8 Å². The van der Waals surface area contributed by atoms with Crippen LogP contribution in [0.2, 0.25) is 0 Å². The fourth-order valence-electron chi connectivity index (χ4n) is 2.42. The maximum absolute atomic E-state index is 14.3. The minimum absolute atomic E-state index is 0.00835. The molecule has 0 aliphatic heterocycles. The van der Waals surface area contributed by atoms with Gasteiger partial charge in [0.25, 0.3) is 0 Å². The number of hydrogen-bond acceptors (Lipinski definition) is 5. The number of carbonyl (C=O) groups is 1. The van der Waals surface area contributed by atoms with E-state index < -0.39 is 17.5 Å². The van der Waals surface area contributed by atoms with E-state index in [1.165, 1.54) is 12.1 Å². The van der Waals surface area contributed by atoms with E-state index >= 15 is 0 Å². The molecule has 0 unspecified atom stereocenters. The van der Waals surface area contributed by atoms with Crippen molar-refractivity contribution in [2.45, 2.75) is 40.9 Å². The molecule has 0 bridgehead atoms. The number of carbonyl (C=O) groups excluding carboxylic acids is 1. The van der Waals surface area contributed by atoms with E-state index in [0.29, 0.717) is 24.7 Å². The topological polar surface area (TPSA) is 66.0 Å². The summed E-state index contributed by atoms with van der Waals surface area (Å²) in [6, 6.07) is 11.3. The predicted octanol–water partition coefficient (Wildman–Crippen LogP) is 5.38. The molecule has 2 aromatic carbocycles. The zero-order chi connectivity index (χ0) is 22.1. The van der Waals surface area contributed by atoms with Crippen molar-refractivity contribution in [1.29, 1.82) is 0 Å². The van der Waals surface area contributed by atoms with Crippen molar-refractivity contribution in [3.8, 4) is 17.2 Å². The van der Waals surface area contributed by atoms with Gasteiger partial charge in [-0.1, -0.05) is 26.8 Å². The molecule has 0 atom stereocenters. The summed E-state index contributed by atoms with van der Waals surface area (Å²) in [7, 11) is 0. The lowest BCUT2D eigenvalue weighted by molar-refractivity contribution is -0.152. The first kappa shape index (κ1) is 23.6. The Morgan fingerprint density at radius 2 is 1.60 bits per heavy atom. The van der Waals surface area contributed by atoms with Gasteiger partial charge in [0.05, 0.1) is 0 Å². The molecule has 6 nitrogen and oxygen atoms in total. The standard InChI is InChI=1S/C23H30FNO5/c1-6-27-20(28-7-2)15-29-16-11-13-17(14-12-16)30-19-10-8-9-18(24)21(19)25-22(26)23(3,4)5/h8-14,20H,6-7,15H2,1-5H3,(H,25,26). The highest BCUT2D eigenvalue weighted by molar-refractivity contribution is 5.96. The van der Waals surface area contributed by atoms with Crippen LogP contribution in [0.15, 0.2) is 42.5 Å². The highest BCUT2D eigenvalue weighted by Crippen LogP contribution is 2.33. The number of amides is 1. The summed E-state index contributed by atoms with van der Waals surface area (Å²) in [6.07, 6.45) is -0.433. The Morgan fingerprint density at radius 1 is 1.00 bits per heavy atom. The summed E-state index contributed by atoms with van der Waals surface area (Å²) >= 11 is 0. The van der Waals surface area contributed by atoms with Gasteiger partial charge in [0.2, 0.25) is 5.91 Å². The second-order valence-corrected chi connectivity index (χ2v) is 7.54. The summed E-state index contributed by atoms with van der Waals surface area (Å²) in [5.41, 5.74) is -0.659. The fraction of sp³-hybridized carbons (Fsp3) is 0.435.